The molecule has 1 aromatic rings. The third-order valence-electron chi connectivity index (χ3n) is 2.51. The lowest BCUT2D eigenvalue weighted by atomic mass is 10.2. The molecule has 4 nitrogen and oxygen atoms in total. The van der Waals surface area contributed by atoms with Gasteiger partial charge in [-0.15, -0.1) is 0 Å². The molecule has 1 unspecified atom stereocenters. The van der Waals surface area contributed by atoms with E-state index in [-0.39, 0.29) is 11.0 Å². The minimum atomic E-state index is -3.71. The molecule has 94 valence electrons. The van der Waals surface area contributed by atoms with Gasteiger partial charge in [-0.2, -0.15) is 0 Å². The van der Waals surface area contributed by atoms with Crippen LogP contribution in [0.3, 0.4) is 0 Å². The molecule has 0 N–H and O–H groups in total. The summed E-state index contributed by atoms with van der Waals surface area (Å²) in [7, 11) is 1.56. The van der Waals surface area contributed by atoms with Crippen molar-refractivity contribution in [3.63, 3.8) is 0 Å². The Morgan fingerprint density at radius 2 is 2.24 bits per heavy atom. The zero-order valence-electron chi connectivity index (χ0n) is 9.13. The molecular formula is C11H13ClO4S. The highest BCUT2D eigenvalue weighted by Crippen LogP contribution is 2.23. The largest absolute Gasteiger partial charge is 0.488 e. The predicted molar refractivity (Wildman–Crippen MR) is 63.9 cm³/mol. The van der Waals surface area contributed by atoms with Crippen LogP contribution in [-0.4, -0.2) is 27.7 Å². The molecule has 0 amide bonds. The second-order valence-corrected chi connectivity index (χ2v) is 6.44. The van der Waals surface area contributed by atoms with Gasteiger partial charge < -0.3 is 9.47 Å². The van der Waals surface area contributed by atoms with E-state index >= 15 is 0 Å². The third kappa shape index (κ3) is 3.59. The monoisotopic (exact) mass is 276 g/mol. The first-order valence-corrected chi connectivity index (χ1v) is 7.66. The number of ether oxygens (including phenoxy) is 2. The maximum atomic E-state index is 11.2. The van der Waals surface area contributed by atoms with Gasteiger partial charge in [0.1, 0.15) is 11.9 Å². The first-order valence-electron chi connectivity index (χ1n) is 5.35. The van der Waals surface area contributed by atoms with Crippen LogP contribution in [-0.2, 0) is 13.8 Å². The normalized spacial score (nSPS) is 21.1. The molecule has 0 aliphatic carbocycles. The molecule has 17 heavy (non-hydrogen) atoms. The average Bonchev–Trinajstić information content (AvgIpc) is 2.29. The lowest BCUT2D eigenvalue weighted by Gasteiger charge is -2.23. The molecular weight excluding hydrogens is 264 g/mol. The second kappa shape index (κ2) is 5.25. The maximum Gasteiger partial charge on any atom is 0.261 e. The Hall–Kier alpha value is -0.780. The Balaban J connectivity index is 2.11. The van der Waals surface area contributed by atoms with Gasteiger partial charge in [-0.3, -0.25) is 0 Å². The summed E-state index contributed by atoms with van der Waals surface area (Å²) in [5.41, 5.74) is 0. The number of rotatable bonds is 3. The van der Waals surface area contributed by atoms with E-state index in [1.807, 2.05) is 0 Å². The van der Waals surface area contributed by atoms with Gasteiger partial charge in [0.2, 0.25) is 0 Å². The Kier molecular flexibility index (Phi) is 3.91. The van der Waals surface area contributed by atoms with Gasteiger partial charge in [0, 0.05) is 23.4 Å². The van der Waals surface area contributed by atoms with Gasteiger partial charge >= 0.3 is 0 Å². The fourth-order valence-corrected chi connectivity index (χ4v) is 2.48. The molecule has 0 aromatic heterocycles. The quantitative estimate of drug-likeness (QED) is 0.794. The number of benzene rings is 1. The van der Waals surface area contributed by atoms with Crippen molar-refractivity contribution < 1.29 is 17.9 Å². The van der Waals surface area contributed by atoms with Crippen molar-refractivity contribution in [2.24, 2.45) is 0 Å². The minimum Gasteiger partial charge on any atom is -0.488 e. The summed E-state index contributed by atoms with van der Waals surface area (Å²) in [6.45, 7) is 1.30. The zero-order valence-corrected chi connectivity index (χ0v) is 10.7. The molecule has 0 radical (unpaired) electrons. The Labute approximate surface area is 105 Å². The van der Waals surface area contributed by atoms with Crippen LogP contribution in [0.25, 0.3) is 0 Å². The first-order chi connectivity index (χ1) is 8.05. The summed E-state index contributed by atoms with van der Waals surface area (Å²) in [6, 6.07) is 6.18. The molecule has 1 aliphatic heterocycles. The van der Waals surface area contributed by atoms with Gasteiger partial charge in [-0.25, -0.2) is 8.42 Å². The fraction of sp³-hybridized carbons (Fsp3) is 0.455. The van der Waals surface area contributed by atoms with Crippen LogP contribution in [0.1, 0.15) is 12.8 Å². The van der Waals surface area contributed by atoms with Crippen LogP contribution >= 0.6 is 10.7 Å². The van der Waals surface area contributed by atoms with Gasteiger partial charge in [-0.05, 0) is 25.0 Å². The van der Waals surface area contributed by atoms with Gasteiger partial charge in [-0.1, -0.05) is 6.07 Å². The lowest BCUT2D eigenvalue weighted by Crippen LogP contribution is -2.28. The SMILES string of the molecule is O=S(=O)(Cl)c1cccc(OC2CCCOC2)c1. The van der Waals surface area contributed by atoms with Crippen LogP contribution in [0, 0.1) is 0 Å². The van der Waals surface area contributed by atoms with Crippen molar-refractivity contribution in [3.05, 3.63) is 24.3 Å². The van der Waals surface area contributed by atoms with Crippen molar-refractivity contribution >= 4 is 19.7 Å². The van der Waals surface area contributed by atoms with E-state index in [1.165, 1.54) is 12.1 Å². The highest BCUT2D eigenvalue weighted by molar-refractivity contribution is 8.13. The Morgan fingerprint density at radius 1 is 1.41 bits per heavy atom. The summed E-state index contributed by atoms with van der Waals surface area (Å²) >= 11 is 0. The van der Waals surface area contributed by atoms with Crippen molar-refractivity contribution in [1.82, 2.24) is 0 Å². The summed E-state index contributed by atoms with van der Waals surface area (Å²) < 4.78 is 33.3. The van der Waals surface area contributed by atoms with E-state index in [1.54, 1.807) is 12.1 Å². The maximum absolute atomic E-state index is 11.2. The second-order valence-electron chi connectivity index (χ2n) is 3.87. The Morgan fingerprint density at radius 3 is 2.88 bits per heavy atom. The molecule has 6 heteroatoms. The van der Waals surface area contributed by atoms with E-state index in [2.05, 4.69) is 0 Å². The lowest BCUT2D eigenvalue weighted by molar-refractivity contribution is 0.00734. The number of hydrogen-bond acceptors (Lipinski definition) is 4. The molecule has 0 saturated carbocycles. The molecule has 1 aromatic carbocycles. The van der Waals surface area contributed by atoms with Crippen molar-refractivity contribution in [3.8, 4) is 5.75 Å². The van der Waals surface area contributed by atoms with Crippen LogP contribution < -0.4 is 4.74 Å². The molecule has 0 bridgehead atoms. The van der Waals surface area contributed by atoms with Crippen LogP contribution in [0.4, 0.5) is 0 Å². The summed E-state index contributed by atoms with van der Waals surface area (Å²) in [5, 5.41) is 0. The van der Waals surface area contributed by atoms with Crippen molar-refractivity contribution in [1.29, 1.82) is 0 Å². The van der Waals surface area contributed by atoms with Gasteiger partial charge in [0.15, 0.2) is 0 Å². The predicted octanol–water partition coefficient (Wildman–Crippen LogP) is 2.17. The fourth-order valence-electron chi connectivity index (χ4n) is 1.70. The molecule has 1 fully saturated rings. The minimum absolute atomic E-state index is 0.0166. The summed E-state index contributed by atoms with van der Waals surface area (Å²) in [5.74, 6) is 0.502. The number of halogens is 1. The Bertz CT molecular complexity index is 480. The number of hydrogen-bond donors (Lipinski definition) is 0. The highest BCUT2D eigenvalue weighted by atomic mass is 35.7. The van der Waals surface area contributed by atoms with Crippen LogP contribution in [0.2, 0.25) is 0 Å². The van der Waals surface area contributed by atoms with E-state index in [0.29, 0.717) is 12.4 Å². The van der Waals surface area contributed by atoms with E-state index in [0.717, 1.165) is 19.4 Å². The molecule has 1 saturated heterocycles. The molecule has 0 spiro atoms. The smallest absolute Gasteiger partial charge is 0.261 e. The van der Waals surface area contributed by atoms with Gasteiger partial charge in [0.25, 0.3) is 9.05 Å². The van der Waals surface area contributed by atoms with Crippen molar-refractivity contribution in [2.75, 3.05) is 13.2 Å². The molecule has 1 heterocycles. The third-order valence-corrected chi connectivity index (χ3v) is 3.86. The molecule has 1 atom stereocenters. The topological polar surface area (TPSA) is 52.6 Å². The van der Waals surface area contributed by atoms with Crippen LogP contribution in [0.5, 0.6) is 5.75 Å². The first kappa shape index (κ1) is 12.7. The van der Waals surface area contributed by atoms with E-state index in [9.17, 15) is 8.42 Å². The summed E-state index contributed by atoms with van der Waals surface area (Å²) in [6.07, 6.45) is 1.85. The van der Waals surface area contributed by atoms with Crippen molar-refractivity contribution in [2.45, 2.75) is 23.8 Å². The highest BCUT2D eigenvalue weighted by Gasteiger charge is 2.16. The summed E-state index contributed by atoms with van der Waals surface area (Å²) in [4.78, 5) is 0.0494. The van der Waals surface area contributed by atoms with Gasteiger partial charge in [0.05, 0.1) is 11.5 Å². The van der Waals surface area contributed by atoms with E-state index < -0.39 is 9.05 Å². The van der Waals surface area contributed by atoms with Crippen LogP contribution in [0.15, 0.2) is 29.2 Å². The average molecular weight is 277 g/mol. The zero-order chi connectivity index (χ0) is 12.3. The van der Waals surface area contributed by atoms with E-state index in [4.69, 9.17) is 20.2 Å². The molecule has 2 rings (SSSR count). The standard InChI is InChI=1S/C11H13ClO4S/c12-17(13,14)11-5-1-3-9(7-11)16-10-4-2-6-15-8-10/h1,3,5,7,10H,2,4,6,8H2. The molecule has 1 aliphatic rings.